The maximum atomic E-state index is 4.45. The molecule has 0 amide bonds. The van der Waals surface area contributed by atoms with E-state index < -0.39 is 0 Å². The Morgan fingerprint density at radius 1 is 1.36 bits per heavy atom. The lowest BCUT2D eigenvalue weighted by atomic mass is 10.1. The van der Waals surface area contributed by atoms with Gasteiger partial charge in [-0.1, -0.05) is 0 Å². The molecule has 0 aliphatic rings. The molecule has 1 heterocycles. The van der Waals surface area contributed by atoms with Gasteiger partial charge < -0.3 is 4.90 Å². The molecule has 0 aromatic carbocycles. The van der Waals surface area contributed by atoms with Crippen molar-refractivity contribution in [2.45, 2.75) is 53.1 Å². The van der Waals surface area contributed by atoms with Gasteiger partial charge in [-0.25, -0.2) is 4.98 Å². The molecule has 3 heteroatoms. The van der Waals surface area contributed by atoms with Crippen molar-refractivity contribution in [1.29, 1.82) is 0 Å². The SMILES string of the molecule is Cc1cnc(N(C(C)C)C(C)(C)C)s1. The molecule has 2 nitrogen and oxygen atoms in total. The molecule has 0 saturated carbocycles. The molecule has 0 N–H and O–H groups in total. The third-order valence-corrected chi connectivity index (χ3v) is 2.97. The summed E-state index contributed by atoms with van der Waals surface area (Å²) in [4.78, 5) is 8.09. The summed E-state index contributed by atoms with van der Waals surface area (Å²) in [7, 11) is 0. The smallest absolute Gasteiger partial charge is 0.186 e. The van der Waals surface area contributed by atoms with Crippen LogP contribution < -0.4 is 4.90 Å². The van der Waals surface area contributed by atoms with Crippen LogP contribution in [0.2, 0.25) is 0 Å². The van der Waals surface area contributed by atoms with Crippen LogP contribution in [0, 0.1) is 6.92 Å². The van der Waals surface area contributed by atoms with E-state index in [9.17, 15) is 0 Å². The van der Waals surface area contributed by atoms with Crippen molar-refractivity contribution in [1.82, 2.24) is 4.98 Å². The van der Waals surface area contributed by atoms with Gasteiger partial charge >= 0.3 is 0 Å². The number of aromatic nitrogens is 1. The number of anilines is 1. The quantitative estimate of drug-likeness (QED) is 0.746. The third-order valence-electron chi connectivity index (χ3n) is 2.05. The molecule has 0 atom stereocenters. The molecule has 0 bridgehead atoms. The second-order valence-corrected chi connectivity index (χ2v) is 6.10. The Labute approximate surface area is 91.0 Å². The maximum Gasteiger partial charge on any atom is 0.186 e. The Morgan fingerprint density at radius 3 is 2.21 bits per heavy atom. The lowest BCUT2D eigenvalue weighted by Gasteiger charge is -2.38. The molecule has 14 heavy (non-hydrogen) atoms. The number of rotatable bonds is 2. The van der Waals surface area contributed by atoms with Gasteiger partial charge in [-0.2, -0.15) is 0 Å². The Kier molecular flexibility index (Phi) is 3.20. The Morgan fingerprint density at radius 2 is 1.93 bits per heavy atom. The van der Waals surface area contributed by atoms with Gasteiger partial charge in [0.05, 0.1) is 0 Å². The first-order chi connectivity index (χ1) is 6.32. The van der Waals surface area contributed by atoms with Crippen molar-refractivity contribution >= 4 is 16.5 Å². The van der Waals surface area contributed by atoms with Crippen LogP contribution in [0.5, 0.6) is 0 Å². The number of aryl methyl sites for hydroxylation is 1. The minimum Gasteiger partial charge on any atom is -0.341 e. The molecule has 0 aliphatic carbocycles. The van der Waals surface area contributed by atoms with Crippen molar-refractivity contribution in [2.75, 3.05) is 4.90 Å². The van der Waals surface area contributed by atoms with E-state index in [-0.39, 0.29) is 5.54 Å². The zero-order valence-corrected chi connectivity index (χ0v) is 10.8. The van der Waals surface area contributed by atoms with Crippen LogP contribution in [-0.2, 0) is 0 Å². The summed E-state index contributed by atoms with van der Waals surface area (Å²) in [5.41, 5.74) is 0.137. The predicted octanol–water partition coefficient (Wildman–Crippen LogP) is 3.46. The highest BCUT2D eigenvalue weighted by Crippen LogP contribution is 2.29. The second kappa shape index (κ2) is 3.89. The van der Waals surface area contributed by atoms with Gasteiger partial charge in [0.2, 0.25) is 0 Å². The average molecular weight is 212 g/mol. The molecule has 0 saturated heterocycles. The van der Waals surface area contributed by atoms with Crippen molar-refractivity contribution in [3.63, 3.8) is 0 Å². The second-order valence-electron chi connectivity index (χ2n) is 4.89. The predicted molar refractivity (Wildman–Crippen MR) is 64.2 cm³/mol. The van der Waals surface area contributed by atoms with Gasteiger partial charge in [0.15, 0.2) is 5.13 Å². The fourth-order valence-electron chi connectivity index (χ4n) is 1.74. The van der Waals surface area contributed by atoms with Crippen molar-refractivity contribution in [2.24, 2.45) is 0 Å². The van der Waals surface area contributed by atoms with Crippen LogP contribution in [0.25, 0.3) is 0 Å². The molecule has 0 fully saturated rings. The summed E-state index contributed by atoms with van der Waals surface area (Å²) in [5.74, 6) is 0. The summed E-state index contributed by atoms with van der Waals surface area (Å²) >= 11 is 1.77. The first-order valence-electron chi connectivity index (χ1n) is 5.04. The van der Waals surface area contributed by atoms with Crippen LogP contribution in [0.1, 0.15) is 39.5 Å². The molecular formula is C11H20N2S. The van der Waals surface area contributed by atoms with Crippen LogP contribution in [0.15, 0.2) is 6.20 Å². The Hall–Kier alpha value is -0.570. The third kappa shape index (κ3) is 2.47. The largest absolute Gasteiger partial charge is 0.341 e. The van der Waals surface area contributed by atoms with Crippen molar-refractivity contribution < 1.29 is 0 Å². The van der Waals surface area contributed by atoms with Gasteiger partial charge in [0, 0.05) is 22.7 Å². The highest BCUT2D eigenvalue weighted by molar-refractivity contribution is 7.15. The summed E-state index contributed by atoms with van der Waals surface area (Å²) in [5, 5.41) is 1.13. The molecular weight excluding hydrogens is 192 g/mol. The summed E-state index contributed by atoms with van der Waals surface area (Å²) < 4.78 is 0. The van der Waals surface area contributed by atoms with Gasteiger partial charge in [-0.05, 0) is 41.5 Å². The lowest BCUT2D eigenvalue weighted by molar-refractivity contribution is 0.464. The van der Waals surface area contributed by atoms with Gasteiger partial charge in [0.25, 0.3) is 0 Å². The van der Waals surface area contributed by atoms with E-state index >= 15 is 0 Å². The van der Waals surface area contributed by atoms with E-state index in [4.69, 9.17) is 0 Å². The molecule has 1 aromatic heterocycles. The molecule has 80 valence electrons. The van der Waals surface area contributed by atoms with Crippen LogP contribution >= 0.6 is 11.3 Å². The topological polar surface area (TPSA) is 16.1 Å². The summed E-state index contributed by atoms with van der Waals surface area (Å²) in [6.45, 7) is 13.2. The fourth-order valence-corrected chi connectivity index (χ4v) is 2.82. The van der Waals surface area contributed by atoms with Crippen LogP contribution in [0.4, 0.5) is 5.13 Å². The minimum atomic E-state index is 0.137. The first-order valence-corrected chi connectivity index (χ1v) is 5.86. The molecule has 1 aromatic rings. The van der Waals surface area contributed by atoms with Gasteiger partial charge in [-0.15, -0.1) is 11.3 Å². The van der Waals surface area contributed by atoms with E-state index in [1.54, 1.807) is 11.3 Å². The monoisotopic (exact) mass is 212 g/mol. The molecule has 0 radical (unpaired) electrons. The van der Waals surface area contributed by atoms with E-state index in [1.165, 1.54) is 4.88 Å². The van der Waals surface area contributed by atoms with Gasteiger partial charge in [-0.3, -0.25) is 0 Å². The average Bonchev–Trinajstić information content (AvgIpc) is 2.31. The normalized spacial score (nSPS) is 12.2. The highest BCUT2D eigenvalue weighted by atomic mass is 32.1. The minimum absolute atomic E-state index is 0.137. The standard InChI is InChI=1S/C11H20N2S/c1-8(2)13(11(4,5)6)10-12-7-9(3)14-10/h7-8H,1-6H3. The van der Waals surface area contributed by atoms with E-state index in [2.05, 4.69) is 51.4 Å². The summed E-state index contributed by atoms with van der Waals surface area (Å²) in [6.07, 6.45) is 1.95. The van der Waals surface area contributed by atoms with Gasteiger partial charge in [0.1, 0.15) is 0 Å². The zero-order chi connectivity index (χ0) is 10.9. The highest BCUT2D eigenvalue weighted by Gasteiger charge is 2.26. The van der Waals surface area contributed by atoms with E-state index in [0.717, 1.165) is 5.13 Å². The maximum absolute atomic E-state index is 4.45. The Bertz CT molecular complexity index is 296. The van der Waals surface area contributed by atoms with E-state index in [1.807, 2.05) is 6.20 Å². The van der Waals surface area contributed by atoms with Crippen LogP contribution in [-0.4, -0.2) is 16.6 Å². The zero-order valence-electron chi connectivity index (χ0n) is 9.96. The van der Waals surface area contributed by atoms with E-state index in [0.29, 0.717) is 6.04 Å². The Balaban J connectivity index is 3.01. The molecule has 0 spiro atoms. The lowest BCUT2D eigenvalue weighted by Crippen LogP contribution is -2.46. The number of hydrogen-bond donors (Lipinski definition) is 0. The van der Waals surface area contributed by atoms with Crippen molar-refractivity contribution in [3.05, 3.63) is 11.1 Å². The first kappa shape index (κ1) is 11.5. The summed E-state index contributed by atoms with van der Waals surface area (Å²) in [6, 6.07) is 0.487. The molecule has 0 aliphatic heterocycles. The molecule has 0 unspecified atom stereocenters. The number of hydrogen-bond acceptors (Lipinski definition) is 3. The van der Waals surface area contributed by atoms with Crippen molar-refractivity contribution in [3.8, 4) is 0 Å². The molecule has 1 rings (SSSR count). The fraction of sp³-hybridized carbons (Fsp3) is 0.727. The number of nitrogens with zero attached hydrogens (tertiary/aromatic N) is 2. The number of thiazole rings is 1. The van der Waals surface area contributed by atoms with Crippen LogP contribution in [0.3, 0.4) is 0 Å².